The maximum absolute atomic E-state index is 11.4. The molecule has 2 rings (SSSR count). The fourth-order valence-electron chi connectivity index (χ4n) is 3.34. The molecular formula is C20H33N5O2. The average molecular weight is 376 g/mol. The molecule has 0 radical (unpaired) electrons. The van der Waals surface area contributed by atoms with Gasteiger partial charge in [0.1, 0.15) is 5.75 Å². The van der Waals surface area contributed by atoms with E-state index in [0.717, 1.165) is 37.5 Å². The van der Waals surface area contributed by atoms with E-state index in [1.54, 1.807) is 14.2 Å². The van der Waals surface area contributed by atoms with E-state index in [2.05, 4.69) is 32.8 Å². The molecule has 1 heterocycles. The minimum Gasteiger partial charge on any atom is -0.495 e. The Morgan fingerprint density at radius 2 is 2.07 bits per heavy atom. The van der Waals surface area contributed by atoms with E-state index in [9.17, 15) is 4.79 Å². The normalized spacial score (nSPS) is 16.1. The Morgan fingerprint density at radius 1 is 1.33 bits per heavy atom. The summed E-state index contributed by atoms with van der Waals surface area (Å²) in [6.07, 6.45) is 3.48. The van der Waals surface area contributed by atoms with E-state index in [1.807, 2.05) is 18.2 Å². The molecule has 7 nitrogen and oxygen atoms in total. The summed E-state index contributed by atoms with van der Waals surface area (Å²) in [5.41, 5.74) is 1.72. The van der Waals surface area contributed by atoms with Crippen LogP contribution < -0.4 is 20.7 Å². The van der Waals surface area contributed by atoms with Crippen LogP contribution in [0.4, 0.5) is 5.69 Å². The summed E-state index contributed by atoms with van der Waals surface area (Å²) in [5.74, 6) is 1.33. The Kier molecular flexibility index (Phi) is 8.39. The van der Waals surface area contributed by atoms with Gasteiger partial charge in [-0.2, -0.15) is 0 Å². The Hall–Kier alpha value is -2.28. The third-order valence-corrected chi connectivity index (χ3v) is 4.73. The number of nitrogens with one attached hydrogen (secondary N) is 3. The van der Waals surface area contributed by atoms with Crippen LogP contribution in [0, 0.1) is 0 Å². The Bertz CT molecular complexity index is 639. The second-order valence-corrected chi connectivity index (χ2v) is 6.90. The molecule has 0 aromatic heterocycles. The number of amides is 1. The summed E-state index contributed by atoms with van der Waals surface area (Å²) in [4.78, 5) is 18.2. The number of carbonyl (C=O) groups excluding carboxylic acids is 1. The number of rotatable bonds is 7. The number of methoxy groups -OCH3 is 1. The molecule has 0 aliphatic carbocycles. The predicted molar refractivity (Wildman–Crippen MR) is 110 cm³/mol. The SMILES string of the molecule is CCCN1CCC(NC(=NC)NCc2ccc(OC)c(NC(C)=O)c2)CC1. The standard InChI is InChI=1S/C20H33N5O2/c1-5-10-25-11-8-17(9-12-25)24-20(21-3)22-14-16-6-7-19(27-4)18(13-16)23-15(2)26/h6-7,13,17H,5,8-12,14H2,1-4H3,(H,23,26)(H2,21,22,24). The lowest BCUT2D eigenvalue weighted by Crippen LogP contribution is -2.48. The molecule has 1 aromatic carbocycles. The van der Waals surface area contributed by atoms with E-state index in [4.69, 9.17) is 4.74 Å². The van der Waals surface area contributed by atoms with E-state index in [1.165, 1.54) is 19.9 Å². The maximum atomic E-state index is 11.4. The molecule has 0 atom stereocenters. The van der Waals surface area contributed by atoms with E-state index >= 15 is 0 Å². The predicted octanol–water partition coefficient (Wildman–Crippen LogP) is 2.19. The van der Waals surface area contributed by atoms with Gasteiger partial charge in [0, 0.05) is 39.6 Å². The fraction of sp³-hybridized carbons (Fsp3) is 0.600. The van der Waals surface area contributed by atoms with Gasteiger partial charge in [-0.15, -0.1) is 0 Å². The number of carbonyl (C=O) groups is 1. The molecule has 7 heteroatoms. The van der Waals surface area contributed by atoms with Crippen LogP contribution in [0.15, 0.2) is 23.2 Å². The second-order valence-electron chi connectivity index (χ2n) is 6.90. The van der Waals surface area contributed by atoms with Crippen molar-refractivity contribution >= 4 is 17.6 Å². The van der Waals surface area contributed by atoms with Crippen molar-refractivity contribution in [2.75, 3.05) is 39.1 Å². The molecule has 0 bridgehead atoms. The Morgan fingerprint density at radius 3 is 2.67 bits per heavy atom. The van der Waals surface area contributed by atoms with E-state index in [0.29, 0.717) is 24.0 Å². The summed E-state index contributed by atoms with van der Waals surface area (Å²) < 4.78 is 5.30. The van der Waals surface area contributed by atoms with Gasteiger partial charge in [-0.25, -0.2) is 0 Å². The van der Waals surface area contributed by atoms with Crippen LogP contribution in [0.5, 0.6) is 5.75 Å². The molecule has 0 unspecified atom stereocenters. The van der Waals surface area contributed by atoms with Crippen LogP contribution in [-0.2, 0) is 11.3 Å². The Labute approximate surface area is 162 Å². The van der Waals surface area contributed by atoms with Crippen LogP contribution in [0.1, 0.15) is 38.7 Å². The summed E-state index contributed by atoms with van der Waals surface area (Å²) in [7, 11) is 3.38. The van der Waals surface area contributed by atoms with Crippen molar-refractivity contribution in [2.24, 2.45) is 4.99 Å². The van der Waals surface area contributed by atoms with Crippen molar-refractivity contribution in [1.82, 2.24) is 15.5 Å². The second kappa shape index (κ2) is 10.8. The first kappa shape index (κ1) is 21.0. The minimum absolute atomic E-state index is 0.120. The minimum atomic E-state index is -0.120. The summed E-state index contributed by atoms with van der Waals surface area (Å²) in [6, 6.07) is 6.22. The molecule has 1 amide bonds. The third-order valence-electron chi connectivity index (χ3n) is 4.73. The lowest BCUT2D eigenvalue weighted by atomic mass is 10.1. The van der Waals surface area contributed by atoms with Gasteiger partial charge in [0.15, 0.2) is 5.96 Å². The molecule has 0 saturated carbocycles. The van der Waals surface area contributed by atoms with E-state index < -0.39 is 0 Å². The van der Waals surface area contributed by atoms with Crippen LogP contribution in [0.3, 0.4) is 0 Å². The highest BCUT2D eigenvalue weighted by Gasteiger charge is 2.19. The largest absolute Gasteiger partial charge is 0.495 e. The summed E-state index contributed by atoms with van der Waals surface area (Å²) >= 11 is 0. The molecule has 1 aliphatic heterocycles. The highest BCUT2D eigenvalue weighted by atomic mass is 16.5. The zero-order valence-corrected chi connectivity index (χ0v) is 17.0. The molecule has 27 heavy (non-hydrogen) atoms. The summed E-state index contributed by atoms with van der Waals surface area (Å²) in [5, 5.41) is 9.69. The van der Waals surface area contributed by atoms with Crippen molar-refractivity contribution in [1.29, 1.82) is 0 Å². The van der Waals surface area contributed by atoms with Crippen LogP contribution in [0.2, 0.25) is 0 Å². The van der Waals surface area contributed by atoms with E-state index in [-0.39, 0.29) is 5.91 Å². The highest BCUT2D eigenvalue weighted by Crippen LogP contribution is 2.25. The lowest BCUT2D eigenvalue weighted by molar-refractivity contribution is -0.114. The van der Waals surface area contributed by atoms with Gasteiger partial charge in [0.2, 0.25) is 5.91 Å². The first-order valence-corrected chi connectivity index (χ1v) is 9.69. The molecular weight excluding hydrogens is 342 g/mol. The zero-order valence-electron chi connectivity index (χ0n) is 17.0. The summed E-state index contributed by atoms with van der Waals surface area (Å²) in [6.45, 7) is 7.80. The van der Waals surface area contributed by atoms with Crippen molar-refractivity contribution in [2.45, 2.75) is 45.7 Å². The van der Waals surface area contributed by atoms with Gasteiger partial charge in [0.25, 0.3) is 0 Å². The highest BCUT2D eigenvalue weighted by molar-refractivity contribution is 5.90. The number of ether oxygens (including phenoxy) is 1. The van der Waals surface area contributed by atoms with Crippen molar-refractivity contribution in [3.05, 3.63) is 23.8 Å². The number of anilines is 1. The zero-order chi connectivity index (χ0) is 19.6. The number of piperidine rings is 1. The van der Waals surface area contributed by atoms with Gasteiger partial charge in [-0.3, -0.25) is 9.79 Å². The quantitative estimate of drug-likeness (QED) is 0.503. The number of benzene rings is 1. The van der Waals surface area contributed by atoms with Crippen LogP contribution in [-0.4, -0.2) is 56.6 Å². The maximum Gasteiger partial charge on any atom is 0.221 e. The number of likely N-dealkylation sites (tertiary alicyclic amines) is 1. The van der Waals surface area contributed by atoms with Crippen LogP contribution >= 0.6 is 0 Å². The van der Waals surface area contributed by atoms with Gasteiger partial charge >= 0.3 is 0 Å². The monoisotopic (exact) mass is 375 g/mol. The van der Waals surface area contributed by atoms with Crippen LogP contribution in [0.25, 0.3) is 0 Å². The molecule has 1 saturated heterocycles. The van der Waals surface area contributed by atoms with Gasteiger partial charge < -0.3 is 25.6 Å². The first-order valence-electron chi connectivity index (χ1n) is 9.69. The fourth-order valence-corrected chi connectivity index (χ4v) is 3.34. The number of guanidine groups is 1. The van der Waals surface area contributed by atoms with Gasteiger partial charge in [-0.1, -0.05) is 13.0 Å². The third kappa shape index (κ3) is 6.75. The van der Waals surface area contributed by atoms with Gasteiger partial charge in [-0.05, 0) is 43.5 Å². The number of hydrogen-bond donors (Lipinski definition) is 3. The molecule has 3 N–H and O–H groups in total. The number of nitrogens with zero attached hydrogens (tertiary/aromatic N) is 2. The van der Waals surface area contributed by atoms with Crippen molar-refractivity contribution < 1.29 is 9.53 Å². The Balaban J connectivity index is 1.88. The average Bonchev–Trinajstić information content (AvgIpc) is 2.66. The van der Waals surface area contributed by atoms with Crippen molar-refractivity contribution in [3.63, 3.8) is 0 Å². The topological polar surface area (TPSA) is 78.0 Å². The lowest BCUT2D eigenvalue weighted by Gasteiger charge is -2.32. The molecule has 0 spiro atoms. The smallest absolute Gasteiger partial charge is 0.221 e. The first-order chi connectivity index (χ1) is 13.0. The molecule has 1 aliphatic rings. The molecule has 150 valence electrons. The number of hydrogen-bond acceptors (Lipinski definition) is 4. The number of aliphatic imine (C=N–C) groups is 1. The van der Waals surface area contributed by atoms with Crippen molar-refractivity contribution in [3.8, 4) is 5.75 Å². The molecule has 1 aromatic rings. The van der Waals surface area contributed by atoms with Gasteiger partial charge in [0.05, 0.1) is 12.8 Å². The molecule has 1 fully saturated rings.